The standard InChI is InChI=1S/C12H22N2O3/c1-9(2)6-10(8-15)13-11(16)7-14-5-3-4-12(14)17/h9-10,15H,3-8H2,1-2H3,(H,13,16). The van der Waals surface area contributed by atoms with Crippen LogP contribution in [-0.2, 0) is 9.59 Å². The number of likely N-dealkylation sites (tertiary alicyclic amines) is 1. The highest BCUT2D eigenvalue weighted by Gasteiger charge is 2.23. The molecule has 1 atom stereocenters. The van der Waals surface area contributed by atoms with Gasteiger partial charge in [0.1, 0.15) is 0 Å². The molecular formula is C12H22N2O3. The second-order valence-electron chi connectivity index (χ2n) is 5.00. The molecule has 0 aromatic heterocycles. The molecular weight excluding hydrogens is 220 g/mol. The molecule has 0 bridgehead atoms. The third-order valence-corrected chi connectivity index (χ3v) is 2.85. The van der Waals surface area contributed by atoms with Gasteiger partial charge in [-0.15, -0.1) is 0 Å². The molecule has 1 aliphatic rings. The average Bonchev–Trinajstić information content (AvgIpc) is 2.62. The lowest BCUT2D eigenvalue weighted by Gasteiger charge is -2.20. The summed E-state index contributed by atoms with van der Waals surface area (Å²) in [5, 5.41) is 11.9. The van der Waals surface area contributed by atoms with Gasteiger partial charge in [0.25, 0.3) is 0 Å². The number of amides is 2. The first-order valence-corrected chi connectivity index (χ1v) is 6.21. The quantitative estimate of drug-likeness (QED) is 0.695. The molecule has 2 amide bonds. The zero-order chi connectivity index (χ0) is 12.8. The first kappa shape index (κ1) is 14.0. The Morgan fingerprint density at radius 2 is 2.24 bits per heavy atom. The van der Waals surface area contributed by atoms with Crippen LogP contribution in [0.3, 0.4) is 0 Å². The number of carbonyl (C=O) groups is 2. The van der Waals surface area contributed by atoms with Crippen molar-refractivity contribution in [1.29, 1.82) is 0 Å². The lowest BCUT2D eigenvalue weighted by atomic mass is 10.0. The van der Waals surface area contributed by atoms with Gasteiger partial charge in [0.15, 0.2) is 0 Å². The van der Waals surface area contributed by atoms with Crippen LogP contribution in [0.25, 0.3) is 0 Å². The molecule has 2 N–H and O–H groups in total. The van der Waals surface area contributed by atoms with Crippen molar-refractivity contribution in [3.8, 4) is 0 Å². The topological polar surface area (TPSA) is 69.6 Å². The Hall–Kier alpha value is -1.10. The fourth-order valence-corrected chi connectivity index (χ4v) is 2.07. The number of nitrogens with zero attached hydrogens (tertiary/aromatic N) is 1. The molecule has 0 aromatic carbocycles. The van der Waals surface area contributed by atoms with Crippen molar-refractivity contribution in [2.24, 2.45) is 5.92 Å². The number of hydrogen-bond acceptors (Lipinski definition) is 3. The second-order valence-corrected chi connectivity index (χ2v) is 5.00. The molecule has 5 nitrogen and oxygen atoms in total. The fourth-order valence-electron chi connectivity index (χ4n) is 2.07. The summed E-state index contributed by atoms with van der Waals surface area (Å²) in [4.78, 5) is 24.6. The van der Waals surface area contributed by atoms with Crippen molar-refractivity contribution in [1.82, 2.24) is 10.2 Å². The summed E-state index contributed by atoms with van der Waals surface area (Å²) < 4.78 is 0. The molecule has 1 fully saturated rings. The van der Waals surface area contributed by atoms with Crippen LogP contribution >= 0.6 is 0 Å². The molecule has 0 spiro atoms. The molecule has 0 aromatic rings. The summed E-state index contributed by atoms with van der Waals surface area (Å²) in [6.45, 7) is 4.81. The summed E-state index contributed by atoms with van der Waals surface area (Å²) in [7, 11) is 0. The van der Waals surface area contributed by atoms with Gasteiger partial charge in [-0.3, -0.25) is 9.59 Å². The molecule has 1 unspecified atom stereocenters. The predicted molar refractivity (Wildman–Crippen MR) is 64.3 cm³/mol. The van der Waals surface area contributed by atoms with E-state index < -0.39 is 0 Å². The number of aliphatic hydroxyl groups is 1. The first-order valence-electron chi connectivity index (χ1n) is 6.21. The molecule has 98 valence electrons. The van der Waals surface area contributed by atoms with Crippen molar-refractivity contribution < 1.29 is 14.7 Å². The highest BCUT2D eigenvalue weighted by molar-refractivity contribution is 5.85. The number of hydrogen-bond donors (Lipinski definition) is 2. The number of rotatable bonds is 6. The zero-order valence-corrected chi connectivity index (χ0v) is 10.6. The Morgan fingerprint density at radius 1 is 1.53 bits per heavy atom. The van der Waals surface area contributed by atoms with Crippen molar-refractivity contribution >= 4 is 11.8 Å². The molecule has 1 saturated heterocycles. The van der Waals surface area contributed by atoms with Crippen molar-refractivity contribution in [3.63, 3.8) is 0 Å². The molecule has 1 rings (SSSR count). The number of carbonyl (C=O) groups excluding carboxylic acids is 2. The van der Waals surface area contributed by atoms with Gasteiger partial charge in [-0.25, -0.2) is 0 Å². The zero-order valence-electron chi connectivity index (χ0n) is 10.6. The SMILES string of the molecule is CC(C)CC(CO)NC(=O)CN1CCCC1=O. The predicted octanol–water partition coefficient (Wildman–Crippen LogP) is 0.132. The monoisotopic (exact) mass is 242 g/mol. The Kier molecular flexibility index (Phi) is 5.41. The van der Waals surface area contributed by atoms with E-state index in [1.807, 2.05) is 13.8 Å². The van der Waals surface area contributed by atoms with Crippen molar-refractivity contribution in [2.75, 3.05) is 19.7 Å². The summed E-state index contributed by atoms with van der Waals surface area (Å²) in [5.41, 5.74) is 0. The van der Waals surface area contributed by atoms with E-state index in [4.69, 9.17) is 5.11 Å². The highest BCUT2D eigenvalue weighted by atomic mass is 16.3. The van der Waals surface area contributed by atoms with E-state index in [0.29, 0.717) is 18.9 Å². The van der Waals surface area contributed by atoms with Crippen LogP contribution in [0.1, 0.15) is 33.1 Å². The minimum atomic E-state index is -0.208. The average molecular weight is 242 g/mol. The molecule has 0 radical (unpaired) electrons. The van der Waals surface area contributed by atoms with E-state index >= 15 is 0 Å². The summed E-state index contributed by atoms with van der Waals surface area (Å²) in [6.07, 6.45) is 2.13. The molecule has 17 heavy (non-hydrogen) atoms. The largest absolute Gasteiger partial charge is 0.394 e. The van der Waals surface area contributed by atoms with Gasteiger partial charge in [0.2, 0.25) is 11.8 Å². The maximum atomic E-state index is 11.7. The Bertz CT molecular complexity index is 279. The van der Waals surface area contributed by atoms with E-state index in [-0.39, 0.29) is 31.0 Å². The minimum Gasteiger partial charge on any atom is -0.394 e. The van der Waals surface area contributed by atoms with Gasteiger partial charge in [-0.05, 0) is 18.8 Å². The van der Waals surface area contributed by atoms with E-state index in [2.05, 4.69) is 5.32 Å². The van der Waals surface area contributed by atoms with Gasteiger partial charge >= 0.3 is 0 Å². The lowest BCUT2D eigenvalue weighted by molar-refractivity contribution is -0.133. The maximum absolute atomic E-state index is 11.7. The van der Waals surface area contributed by atoms with Gasteiger partial charge < -0.3 is 15.3 Å². The molecule has 0 aliphatic carbocycles. The Morgan fingerprint density at radius 3 is 2.71 bits per heavy atom. The fraction of sp³-hybridized carbons (Fsp3) is 0.833. The van der Waals surface area contributed by atoms with Gasteiger partial charge in [-0.1, -0.05) is 13.8 Å². The Labute approximate surface area is 102 Å². The van der Waals surface area contributed by atoms with E-state index in [0.717, 1.165) is 12.8 Å². The third kappa shape index (κ3) is 4.73. The summed E-state index contributed by atoms with van der Waals surface area (Å²) in [5.74, 6) is 0.283. The molecule has 5 heteroatoms. The Balaban J connectivity index is 2.34. The van der Waals surface area contributed by atoms with E-state index in [1.165, 1.54) is 0 Å². The number of aliphatic hydroxyl groups excluding tert-OH is 1. The van der Waals surface area contributed by atoms with Crippen LogP contribution in [0.2, 0.25) is 0 Å². The van der Waals surface area contributed by atoms with Crippen LogP contribution < -0.4 is 5.32 Å². The van der Waals surface area contributed by atoms with Gasteiger partial charge in [-0.2, -0.15) is 0 Å². The first-order chi connectivity index (χ1) is 8.02. The van der Waals surface area contributed by atoms with Crippen LogP contribution in [0.4, 0.5) is 0 Å². The van der Waals surface area contributed by atoms with Crippen molar-refractivity contribution in [3.05, 3.63) is 0 Å². The van der Waals surface area contributed by atoms with Crippen LogP contribution in [0, 0.1) is 5.92 Å². The van der Waals surface area contributed by atoms with Crippen LogP contribution in [-0.4, -0.2) is 47.6 Å². The summed E-state index contributed by atoms with van der Waals surface area (Å²) in [6, 6.07) is -0.208. The smallest absolute Gasteiger partial charge is 0.239 e. The van der Waals surface area contributed by atoms with Crippen molar-refractivity contribution in [2.45, 2.75) is 39.2 Å². The maximum Gasteiger partial charge on any atom is 0.239 e. The van der Waals surface area contributed by atoms with E-state index in [9.17, 15) is 9.59 Å². The number of nitrogens with one attached hydrogen (secondary N) is 1. The van der Waals surface area contributed by atoms with Crippen LogP contribution in [0.15, 0.2) is 0 Å². The van der Waals surface area contributed by atoms with Gasteiger partial charge in [0.05, 0.1) is 19.2 Å². The lowest BCUT2D eigenvalue weighted by Crippen LogP contribution is -2.44. The molecule has 1 heterocycles. The molecule has 0 saturated carbocycles. The normalized spacial score (nSPS) is 17.6. The van der Waals surface area contributed by atoms with Crippen LogP contribution in [0.5, 0.6) is 0 Å². The highest BCUT2D eigenvalue weighted by Crippen LogP contribution is 2.09. The van der Waals surface area contributed by atoms with E-state index in [1.54, 1.807) is 4.90 Å². The molecule has 1 aliphatic heterocycles. The van der Waals surface area contributed by atoms with Gasteiger partial charge in [0, 0.05) is 13.0 Å². The minimum absolute atomic E-state index is 0.0459. The second kappa shape index (κ2) is 6.59. The third-order valence-electron chi connectivity index (χ3n) is 2.85. The summed E-state index contributed by atoms with van der Waals surface area (Å²) >= 11 is 0.